The van der Waals surface area contributed by atoms with Gasteiger partial charge in [0, 0.05) is 0 Å². The van der Waals surface area contributed by atoms with Crippen LogP contribution in [0.1, 0.15) is 33.4 Å². The first-order valence-corrected chi connectivity index (χ1v) is 28.6. The smallest absolute Gasteiger partial charge is 0.0619 e. The lowest BCUT2D eigenvalue weighted by Crippen LogP contribution is -2.60. The fraction of sp³-hybridized carbons (Fsp3) is 0.0263. The van der Waals surface area contributed by atoms with Gasteiger partial charge in [0.1, 0.15) is 0 Å². The van der Waals surface area contributed by atoms with Gasteiger partial charge in [0.05, 0.1) is 10.8 Å². The largest absolute Gasteiger partial charge is 0.0658 e. The van der Waals surface area contributed by atoms with Crippen molar-refractivity contribution in [2.45, 2.75) is 10.8 Å². The summed E-state index contributed by atoms with van der Waals surface area (Å²) >= 11 is 0. The third-order valence-corrected chi connectivity index (χ3v) is 28.8. The van der Waals surface area contributed by atoms with Crippen molar-refractivity contribution in [3.63, 3.8) is 0 Å². The summed E-state index contributed by atoms with van der Waals surface area (Å²) in [6.07, 6.45) is 0. The van der Waals surface area contributed by atoms with E-state index in [1.54, 1.807) is 378 Å². The van der Waals surface area contributed by atoms with Gasteiger partial charge < -0.3 is 0 Å². The molecule has 0 radical (unpaired) electrons. The van der Waals surface area contributed by atoms with E-state index in [-0.39, 0.29) is 10.8 Å². The normalized spacial score (nSPS) is 22.1. The highest BCUT2D eigenvalue weighted by atomic mass is 14.8. The van der Waals surface area contributed by atoms with Crippen molar-refractivity contribution in [2.24, 2.45) is 0 Å². The standard InChI is InChI=1S/C76H4/c1-2-4-6-5(3-1)75-71-64-55-44-35-23-15-9-10-12-8-7-11(9)21(23)27-25-13(7)17-18-14(8)26-28-22(12)24-16(10)20-19(15)31-37-32(20)39-36(24)45-43(28)49-47-34(26)30(18)41-40-29(17)33(25)46-48(42(27)44)62(64)66-57(46)53(40)61-54(41)58(47)67-63(49)65-56(45)51(39)60-52(37)59(50(55)38(31)35)68(71)69(60)72(65)76(6,75)74(67)70(61)73(66)75/h1-4H. The van der Waals surface area contributed by atoms with Gasteiger partial charge in [-0.15, -0.1) is 0 Å². The van der Waals surface area contributed by atoms with E-state index in [2.05, 4.69) is 24.3 Å². The molecule has 0 saturated heterocycles. The monoisotopic (exact) mass is 916 g/mol. The van der Waals surface area contributed by atoms with Crippen molar-refractivity contribution in [3.8, 4) is 0 Å². The molecule has 2 atom stereocenters. The topological polar surface area (TPSA) is 0 Å². The minimum absolute atomic E-state index is 0.315. The number of benzene rings is 23. The lowest BCUT2D eigenvalue weighted by molar-refractivity contribution is 0.382. The molecule has 0 fully saturated rings. The molecule has 308 valence electrons. The lowest BCUT2D eigenvalue weighted by atomic mass is 9.37. The molecule has 2 spiro atoms. The molecule has 0 N–H and O–H groups in total. The molecular weight excluding hydrogens is 913 g/mol. The Morgan fingerprint density at radius 1 is 0.118 bits per heavy atom. The minimum atomic E-state index is -0.315. The average Bonchev–Trinajstić information content (AvgIpc) is 2.02. The highest BCUT2D eigenvalue weighted by Gasteiger charge is 2.76. The molecule has 0 nitrogen and oxygen atoms in total. The van der Waals surface area contributed by atoms with E-state index in [1.165, 1.54) is 0 Å². The van der Waals surface area contributed by atoms with E-state index in [0.717, 1.165) is 0 Å². The summed E-state index contributed by atoms with van der Waals surface area (Å²) in [6, 6.07) is 10.3. The molecule has 0 saturated carbocycles. The van der Waals surface area contributed by atoms with Crippen LogP contribution in [0.5, 0.6) is 0 Å². The van der Waals surface area contributed by atoms with Gasteiger partial charge in [-0.25, -0.2) is 0 Å². The van der Waals surface area contributed by atoms with E-state index in [4.69, 9.17) is 0 Å². The van der Waals surface area contributed by atoms with Crippen LogP contribution in [0, 0.1) is 0 Å². The molecule has 76 heavy (non-hydrogen) atoms. The fourth-order valence-corrected chi connectivity index (χ4v) is 29.0. The van der Waals surface area contributed by atoms with Gasteiger partial charge in [-0.05, 0) is 378 Å². The first-order valence-electron chi connectivity index (χ1n) is 28.6. The molecule has 34 aromatic rings. The average molecular weight is 917 g/mol. The van der Waals surface area contributed by atoms with Crippen molar-refractivity contribution in [1.82, 2.24) is 0 Å². The number of hydrogen-bond acceptors (Lipinski definition) is 0. The Hall–Kier alpha value is -9.62. The maximum atomic E-state index is 2.68. The predicted octanol–water partition coefficient (Wildman–Crippen LogP) is 20.7. The first kappa shape index (κ1) is 26.5. The molecule has 0 heterocycles. The van der Waals surface area contributed by atoms with Crippen molar-refractivity contribution < 1.29 is 0 Å². The Morgan fingerprint density at radius 3 is 0.395 bits per heavy atom. The second kappa shape index (κ2) is 5.79. The van der Waals surface area contributed by atoms with Crippen LogP contribution in [0.2, 0.25) is 0 Å². The SMILES string of the molecule is c1ccc2c(c1)C13c4c5c6c7c8c9c%10c(c%11c1c1c%12c4c4c%13c5c5c6c6c8c8c%14c9c9c%10c%10c%11c%11c1c1c%12c%12c4c4c%13c%13c5c5c6c8c6c8c%14c%14c9c9c%10c%11c%10c1c1c%12c%11c4c4c%13c5c6c5c8c6c%14c9c%10c1c6c%11c45)C273. The Bertz CT molecular complexity index is 8470. The molecule has 5 aliphatic rings. The van der Waals surface area contributed by atoms with Crippen LogP contribution in [-0.4, -0.2) is 0 Å². The van der Waals surface area contributed by atoms with Crippen LogP contribution in [0.3, 0.4) is 0 Å². The summed E-state index contributed by atoms with van der Waals surface area (Å²) in [5.41, 5.74) is 9.69. The van der Waals surface area contributed by atoms with Gasteiger partial charge in [-0.2, -0.15) is 0 Å². The quantitative estimate of drug-likeness (QED) is 0.105. The molecule has 2 unspecified atom stereocenters. The fourth-order valence-electron chi connectivity index (χ4n) is 29.0. The van der Waals surface area contributed by atoms with Crippen molar-refractivity contribution in [1.29, 1.82) is 0 Å². The molecule has 0 bridgehead atoms. The minimum Gasteiger partial charge on any atom is -0.0619 e. The van der Waals surface area contributed by atoms with Crippen LogP contribution in [0.25, 0.3) is 345 Å². The van der Waals surface area contributed by atoms with Crippen molar-refractivity contribution in [3.05, 3.63) is 57.6 Å². The van der Waals surface area contributed by atoms with Crippen molar-refractivity contribution in [2.75, 3.05) is 0 Å². The molecule has 0 aromatic heterocycles. The van der Waals surface area contributed by atoms with Crippen LogP contribution in [-0.2, 0) is 10.8 Å². The summed E-state index contributed by atoms with van der Waals surface area (Å²) in [5.74, 6) is 0. The molecule has 0 amide bonds. The molecule has 0 heteroatoms. The number of fused-ring (bicyclic) bond motifs is 1. The zero-order chi connectivity index (χ0) is 44.2. The second-order valence-corrected chi connectivity index (χ2v) is 28.5. The van der Waals surface area contributed by atoms with E-state index < -0.39 is 0 Å². The Labute approximate surface area is 410 Å². The van der Waals surface area contributed by atoms with E-state index in [9.17, 15) is 0 Å². The Kier molecular flexibility index (Phi) is 2.02. The summed E-state index contributed by atoms with van der Waals surface area (Å²) in [4.78, 5) is 0. The molecular formula is C76H4. The summed E-state index contributed by atoms with van der Waals surface area (Å²) < 4.78 is 0. The Balaban J connectivity index is 1.19. The lowest BCUT2D eigenvalue weighted by Gasteiger charge is -2.62. The van der Waals surface area contributed by atoms with Gasteiger partial charge in [0.2, 0.25) is 0 Å². The van der Waals surface area contributed by atoms with Gasteiger partial charge in [0.25, 0.3) is 0 Å². The van der Waals surface area contributed by atoms with Gasteiger partial charge >= 0.3 is 0 Å². The zero-order valence-electron chi connectivity index (χ0n) is 38.3. The zero-order valence-corrected chi connectivity index (χ0v) is 38.3. The van der Waals surface area contributed by atoms with Crippen LogP contribution < -0.4 is 0 Å². The van der Waals surface area contributed by atoms with E-state index in [1.807, 2.05) is 0 Å². The van der Waals surface area contributed by atoms with E-state index >= 15 is 0 Å². The third-order valence-electron chi connectivity index (χ3n) is 28.8. The maximum absolute atomic E-state index is 2.68. The van der Waals surface area contributed by atoms with Crippen LogP contribution in [0.15, 0.2) is 24.3 Å². The first-order chi connectivity index (χ1) is 38.0. The maximum Gasteiger partial charge on any atom is 0.0658 e. The third kappa shape index (κ3) is 1.30. The predicted molar refractivity (Wildman–Crippen MR) is 322 cm³/mol. The Morgan fingerprint density at radius 2 is 0.224 bits per heavy atom. The van der Waals surface area contributed by atoms with Gasteiger partial charge in [-0.1, -0.05) is 24.3 Å². The van der Waals surface area contributed by atoms with Gasteiger partial charge in [0.15, 0.2) is 0 Å². The van der Waals surface area contributed by atoms with Crippen LogP contribution >= 0.6 is 0 Å². The number of hydrogen-bond donors (Lipinski definition) is 0. The summed E-state index contributed by atoms with van der Waals surface area (Å²) in [6.45, 7) is 0. The molecule has 5 aliphatic carbocycles. The van der Waals surface area contributed by atoms with Crippen molar-refractivity contribution >= 4 is 345 Å². The molecule has 34 aromatic carbocycles. The second-order valence-electron chi connectivity index (χ2n) is 28.5. The number of rotatable bonds is 0. The van der Waals surface area contributed by atoms with Crippen LogP contribution in [0.4, 0.5) is 0 Å². The highest BCUT2D eigenvalue weighted by molar-refractivity contribution is 6.84. The molecule has 39 rings (SSSR count). The summed E-state index contributed by atoms with van der Waals surface area (Å²) in [5, 5.41) is 107. The molecule has 0 aliphatic heterocycles. The summed E-state index contributed by atoms with van der Waals surface area (Å²) in [7, 11) is 0. The van der Waals surface area contributed by atoms with E-state index in [0.29, 0.717) is 0 Å². The van der Waals surface area contributed by atoms with Gasteiger partial charge in [-0.3, -0.25) is 0 Å². The highest BCUT2D eigenvalue weighted by Crippen LogP contribution is 2.88.